The molecule has 2 aromatic rings. The van der Waals surface area contributed by atoms with Crippen LogP contribution in [-0.4, -0.2) is 41.7 Å². The molecule has 0 bridgehead atoms. The van der Waals surface area contributed by atoms with Crippen LogP contribution < -0.4 is 14.8 Å². The van der Waals surface area contributed by atoms with Crippen LogP contribution in [0.2, 0.25) is 0 Å². The van der Waals surface area contributed by atoms with E-state index >= 15 is 0 Å². The minimum atomic E-state index is -0.195. The Morgan fingerprint density at radius 2 is 2.13 bits per heavy atom. The van der Waals surface area contributed by atoms with Gasteiger partial charge in [0.15, 0.2) is 0 Å². The number of fused-ring (bicyclic) bond motifs is 1. The lowest BCUT2D eigenvalue weighted by atomic mass is 9.99. The molecule has 0 unspecified atom stereocenters. The number of urea groups is 1. The van der Waals surface area contributed by atoms with Crippen molar-refractivity contribution in [3.63, 3.8) is 0 Å². The summed E-state index contributed by atoms with van der Waals surface area (Å²) in [6.07, 6.45) is 2.12. The van der Waals surface area contributed by atoms with Crippen molar-refractivity contribution in [2.24, 2.45) is 0 Å². The Balaban J connectivity index is 1.71. The minimum Gasteiger partial charge on any atom is -0.496 e. The highest BCUT2D eigenvalue weighted by Gasteiger charge is 2.23. The first-order valence-electron chi connectivity index (χ1n) is 7.28. The van der Waals surface area contributed by atoms with Gasteiger partial charge in [0.25, 0.3) is 0 Å². The average Bonchev–Trinajstić information content (AvgIpc) is 2.60. The Morgan fingerprint density at radius 1 is 1.26 bits per heavy atom. The van der Waals surface area contributed by atoms with Crippen molar-refractivity contribution >= 4 is 11.8 Å². The zero-order chi connectivity index (χ0) is 16.2. The lowest BCUT2D eigenvalue weighted by Crippen LogP contribution is -2.39. The van der Waals surface area contributed by atoms with Crippen molar-refractivity contribution in [3.8, 4) is 11.6 Å². The average molecular weight is 314 g/mol. The number of amides is 2. The number of nitrogens with one attached hydrogen (secondary N) is 1. The second-order valence-corrected chi connectivity index (χ2v) is 5.15. The summed E-state index contributed by atoms with van der Waals surface area (Å²) < 4.78 is 10.4. The van der Waals surface area contributed by atoms with Gasteiger partial charge in [-0.3, -0.25) is 5.32 Å². The number of carbonyl (C=O) groups is 1. The molecule has 7 heteroatoms. The van der Waals surface area contributed by atoms with E-state index in [4.69, 9.17) is 9.47 Å². The fourth-order valence-electron chi connectivity index (χ4n) is 2.65. The molecular weight excluding hydrogens is 296 g/mol. The second-order valence-electron chi connectivity index (χ2n) is 5.15. The Kier molecular flexibility index (Phi) is 4.27. The van der Waals surface area contributed by atoms with Gasteiger partial charge in [-0.1, -0.05) is 12.1 Å². The molecule has 1 aromatic heterocycles. The highest BCUT2D eigenvalue weighted by molar-refractivity contribution is 5.88. The van der Waals surface area contributed by atoms with Gasteiger partial charge in [-0.2, -0.15) is 0 Å². The maximum atomic E-state index is 12.4. The van der Waals surface area contributed by atoms with Crippen LogP contribution >= 0.6 is 0 Å². The third kappa shape index (κ3) is 3.18. The molecule has 0 spiro atoms. The second kappa shape index (κ2) is 6.51. The molecule has 120 valence electrons. The van der Waals surface area contributed by atoms with E-state index in [0.717, 1.165) is 17.7 Å². The van der Waals surface area contributed by atoms with Crippen molar-refractivity contribution in [3.05, 3.63) is 41.7 Å². The molecule has 0 atom stereocenters. The first-order valence-corrected chi connectivity index (χ1v) is 7.28. The van der Waals surface area contributed by atoms with E-state index in [9.17, 15) is 4.79 Å². The van der Waals surface area contributed by atoms with Crippen LogP contribution in [0.15, 0.2) is 30.6 Å². The number of nitrogens with zero attached hydrogens (tertiary/aromatic N) is 3. The number of ether oxygens (including phenoxy) is 2. The topological polar surface area (TPSA) is 76.6 Å². The fourth-order valence-corrected chi connectivity index (χ4v) is 2.65. The Labute approximate surface area is 134 Å². The number of aromatic nitrogens is 2. The maximum Gasteiger partial charge on any atom is 0.323 e. The van der Waals surface area contributed by atoms with Crippen LogP contribution in [0, 0.1) is 0 Å². The van der Waals surface area contributed by atoms with Crippen LogP contribution in [0.25, 0.3) is 0 Å². The summed E-state index contributed by atoms with van der Waals surface area (Å²) in [5.74, 6) is 1.70. The Bertz CT molecular complexity index is 720. The van der Waals surface area contributed by atoms with E-state index in [2.05, 4.69) is 15.3 Å². The third-order valence-electron chi connectivity index (χ3n) is 3.82. The standard InChI is InChI=1S/C16H18N4O3/c1-22-13-5-3-4-11-9-20(7-6-12(11)13)16(21)19-14-8-15(23-2)18-10-17-14/h3-5,8,10H,6-7,9H2,1-2H3,(H,17,18,19,21). The molecular formula is C16H18N4O3. The van der Waals surface area contributed by atoms with E-state index in [0.29, 0.717) is 24.8 Å². The van der Waals surface area contributed by atoms with E-state index in [-0.39, 0.29) is 6.03 Å². The van der Waals surface area contributed by atoms with Gasteiger partial charge in [-0.15, -0.1) is 0 Å². The predicted octanol–water partition coefficient (Wildman–Crippen LogP) is 2.08. The third-order valence-corrected chi connectivity index (χ3v) is 3.82. The molecule has 2 amide bonds. The monoisotopic (exact) mass is 314 g/mol. The van der Waals surface area contributed by atoms with Crippen molar-refractivity contribution in [2.45, 2.75) is 13.0 Å². The zero-order valence-corrected chi connectivity index (χ0v) is 13.1. The minimum absolute atomic E-state index is 0.195. The normalized spacial score (nSPS) is 13.2. The highest BCUT2D eigenvalue weighted by Crippen LogP contribution is 2.28. The Hall–Kier alpha value is -2.83. The van der Waals surface area contributed by atoms with Crippen molar-refractivity contribution in [1.82, 2.24) is 14.9 Å². The summed E-state index contributed by atoms with van der Waals surface area (Å²) in [5.41, 5.74) is 2.27. The first-order chi connectivity index (χ1) is 11.2. The summed E-state index contributed by atoms with van der Waals surface area (Å²) >= 11 is 0. The number of carbonyl (C=O) groups excluding carboxylic acids is 1. The van der Waals surface area contributed by atoms with Crippen LogP contribution in [0.3, 0.4) is 0 Å². The Morgan fingerprint density at radius 3 is 2.91 bits per heavy atom. The zero-order valence-electron chi connectivity index (χ0n) is 13.1. The van der Waals surface area contributed by atoms with E-state index in [1.165, 1.54) is 19.0 Å². The smallest absolute Gasteiger partial charge is 0.323 e. The van der Waals surface area contributed by atoms with E-state index < -0.39 is 0 Å². The lowest BCUT2D eigenvalue weighted by molar-refractivity contribution is 0.205. The summed E-state index contributed by atoms with van der Waals surface area (Å²) in [6.45, 7) is 1.17. The highest BCUT2D eigenvalue weighted by atomic mass is 16.5. The molecule has 2 heterocycles. The number of benzene rings is 1. The molecule has 23 heavy (non-hydrogen) atoms. The summed E-state index contributed by atoms with van der Waals surface area (Å²) in [7, 11) is 3.18. The van der Waals surface area contributed by atoms with Crippen LogP contribution in [-0.2, 0) is 13.0 Å². The summed E-state index contributed by atoms with van der Waals surface area (Å²) in [6, 6.07) is 7.29. The summed E-state index contributed by atoms with van der Waals surface area (Å²) in [4.78, 5) is 22.1. The van der Waals surface area contributed by atoms with Crippen molar-refractivity contribution in [2.75, 3.05) is 26.1 Å². The van der Waals surface area contributed by atoms with Gasteiger partial charge < -0.3 is 14.4 Å². The molecule has 7 nitrogen and oxygen atoms in total. The molecule has 0 fully saturated rings. The van der Waals surface area contributed by atoms with Gasteiger partial charge in [0, 0.05) is 24.7 Å². The lowest BCUT2D eigenvalue weighted by Gasteiger charge is -2.29. The number of methoxy groups -OCH3 is 2. The molecule has 0 radical (unpaired) electrons. The van der Waals surface area contributed by atoms with Gasteiger partial charge in [0.1, 0.15) is 17.9 Å². The van der Waals surface area contributed by atoms with Crippen LogP contribution in [0.4, 0.5) is 10.6 Å². The largest absolute Gasteiger partial charge is 0.496 e. The molecule has 1 N–H and O–H groups in total. The quantitative estimate of drug-likeness (QED) is 0.938. The van der Waals surface area contributed by atoms with Crippen molar-refractivity contribution < 1.29 is 14.3 Å². The molecule has 0 saturated heterocycles. The number of hydrogen-bond acceptors (Lipinski definition) is 5. The molecule has 1 aliphatic heterocycles. The van der Waals surface area contributed by atoms with Crippen LogP contribution in [0.5, 0.6) is 11.6 Å². The number of hydrogen-bond donors (Lipinski definition) is 1. The van der Waals surface area contributed by atoms with E-state index in [1.54, 1.807) is 18.1 Å². The van der Waals surface area contributed by atoms with Gasteiger partial charge in [0.05, 0.1) is 14.2 Å². The first kappa shape index (κ1) is 15.1. The van der Waals surface area contributed by atoms with Crippen LogP contribution in [0.1, 0.15) is 11.1 Å². The van der Waals surface area contributed by atoms with Gasteiger partial charge in [-0.05, 0) is 18.1 Å². The molecule has 0 saturated carbocycles. The van der Waals surface area contributed by atoms with Gasteiger partial charge in [0.2, 0.25) is 5.88 Å². The van der Waals surface area contributed by atoms with Gasteiger partial charge >= 0.3 is 6.03 Å². The summed E-state index contributed by atoms with van der Waals surface area (Å²) in [5, 5.41) is 2.77. The number of rotatable bonds is 3. The molecule has 3 rings (SSSR count). The molecule has 1 aromatic carbocycles. The molecule has 0 aliphatic carbocycles. The predicted molar refractivity (Wildman–Crippen MR) is 84.7 cm³/mol. The van der Waals surface area contributed by atoms with E-state index in [1.807, 2.05) is 18.2 Å². The SMILES string of the molecule is COc1cc(NC(=O)N2CCc3c(cccc3OC)C2)ncn1. The molecule has 1 aliphatic rings. The maximum absolute atomic E-state index is 12.4. The number of anilines is 1. The fraction of sp³-hybridized carbons (Fsp3) is 0.312. The van der Waals surface area contributed by atoms with Crippen molar-refractivity contribution in [1.29, 1.82) is 0 Å². The van der Waals surface area contributed by atoms with Gasteiger partial charge in [-0.25, -0.2) is 14.8 Å².